The summed E-state index contributed by atoms with van der Waals surface area (Å²) in [6.45, 7) is 4.26. The number of hydrogen-bond donors (Lipinski definition) is 1. The number of anilines is 1. The molecule has 0 bridgehead atoms. The van der Waals surface area contributed by atoms with Crippen molar-refractivity contribution >= 4 is 27.5 Å². The van der Waals surface area contributed by atoms with Gasteiger partial charge in [-0.05, 0) is 61.4 Å². The molecule has 2 aromatic rings. The molecule has 2 aromatic carbocycles. The lowest BCUT2D eigenvalue weighted by Crippen LogP contribution is -2.51. The highest BCUT2D eigenvalue weighted by Gasteiger charge is 2.30. The maximum atomic E-state index is 13.6. The highest BCUT2D eigenvalue weighted by molar-refractivity contribution is 7.92. The number of ether oxygens (including phenoxy) is 2. The summed E-state index contributed by atoms with van der Waals surface area (Å²) in [5.74, 6) is -0.327. The normalized spacial score (nSPS) is 16.3. The molecule has 0 spiro atoms. The molecule has 3 rings (SSSR count). The molecule has 33 heavy (non-hydrogen) atoms. The van der Waals surface area contributed by atoms with Crippen LogP contribution in [0.5, 0.6) is 5.75 Å². The highest BCUT2D eigenvalue weighted by atomic mass is 32.2. The minimum absolute atomic E-state index is 0.0562. The fourth-order valence-corrected chi connectivity index (χ4v) is 5.09. The van der Waals surface area contributed by atoms with E-state index in [9.17, 15) is 18.0 Å². The lowest BCUT2D eigenvalue weighted by Gasteiger charge is -2.32. The van der Waals surface area contributed by atoms with Gasteiger partial charge in [0.15, 0.2) is 6.10 Å². The molecule has 10 heteroatoms. The molecular formula is C23H29N3O6S. The smallest absolute Gasteiger partial charge is 0.264 e. The third-order valence-corrected chi connectivity index (χ3v) is 7.52. The van der Waals surface area contributed by atoms with Crippen molar-refractivity contribution in [2.75, 3.05) is 37.7 Å². The first-order chi connectivity index (χ1) is 15.6. The van der Waals surface area contributed by atoms with E-state index in [0.717, 1.165) is 11.1 Å². The Morgan fingerprint density at radius 2 is 1.85 bits per heavy atom. The zero-order valence-corrected chi connectivity index (χ0v) is 19.8. The van der Waals surface area contributed by atoms with Crippen LogP contribution >= 0.6 is 0 Å². The summed E-state index contributed by atoms with van der Waals surface area (Å²) < 4.78 is 38.8. The van der Waals surface area contributed by atoms with Gasteiger partial charge in [0.2, 0.25) is 11.8 Å². The molecule has 1 unspecified atom stereocenters. The first-order valence-corrected chi connectivity index (χ1v) is 12.0. The molecule has 1 aliphatic rings. The fourth-order valence-electron chi connectivity index (χ4n) is 3.54. The van der Waals surface area contributed by atoms with E-state index in [0.29, 0.717) is 18.0 Å². The number of hydrogen-bond acceptors (Lipinski definition) is 6. The summed E-state index contributed by atoms with van der Waals surface area (Å²) in [6, 6.07) is 11.6. The number of carbonyl (C=O) groups excluding carboxylic acids is 2. The van der Waals surface area contributed by atoms with Gasteiger partial charge in [-0.25, -0.2) is 8.42 Å². The van der Waals surface area contributed by atoms with Gasteiger partial charge >= 0.3 is 0 Å². The maximum absolute atomic E-state index is 13.6. The molecule has 0 aromatic heterocycles. The SMILES string of the molecule is COc1ccc(N(CCC(=O)N2CCOC(C(N)=O)C2)S(=O)(=O)c2ccc(C)c(C)c2)cc1. The van der Waals surface area contributed by atoms with Crippen LogP contribution in [0, 0.1) is 13.8 Å². The molecule has 1 aliphatic heterocycles. The molecule has 178 valence electrons. The second-order valence-electron chi connectivity index (χ2n) is 7.87. The first kappa shape index (κ1) is 24.5. The Morgan fingerprint density at radius 1 is 1.15 bits per heavy atom. The topological polar surface area (TPSA) is 119 Å². The van der Waals surface area contributed by atoms with Crippen LogP contribution in [0.2, 0.25) is 0 Å². The van der Waals surface area contributed by atoms with E-state index in [-0.39, 0.29) is 36.9 Å². The van der Waals surface area contributed by atoms with Crippen molar-refractivity contribution < 1.29 is 27.5 Å². The largest absolute Gasteiger partial charge is 0.497 e. The van der Waals surface area contributed by atoms with E-state index in [2.05, 4.69) is 0 Å². The van der Waals surface area contributed by atoms with E-state index in [1.54, 1.807) is 42.5 Å². The van der Waals surface area contributed by atoms with E-state index in [4.69, 9.17) is 15.2 Å². The number of morpholine rings is 1. The summed E-state index contributed by atoms with van der Waals surface area (Å²) in [5.41, 5.74) is 7.55. The standard InChI is InChI=1S/C23H29N3O6S/c1-16-4-9-20(14-17(16)2)33(29,30)26(18-5-7-19(31-3)8-6-18)11-10-22(27)25-12-13-32-21(15-25)23(24)28/h4-9,14,21H,10-13,15H2,1-3H3,(H2,24,28). The van der Waals surface area contributed by atoms with Crippen molar-refractivity contribution in [3.05, 3.63) is 53.6 Å². The van der Waals surface area contributed by atoms with Crippen LogP contribution in [0.25, 0.3) is 0 Å². The van der Waals surface area contributed by atoms with Crippen LogP contribution in [0.1, 0.15) is 17.5 Å². The number of carbonyl (C=O) groups is 2. The van der Waals surface area contributed by atoms with Crippen LogP contribution in [-0.4, -0.2) is 64.6 Å². The minimum Gasteiger partial charge on any atom is -0.497 e. The first-order valence-electron chi connectivity index (χ1n) is 10.6. The van der Waals surface area contributed by atoms with Gasteiger partial charge in [0.05, 0.1) is 30.8 Å². The number of methoxy groups -OCH3 is 1. The third-order valence-electron chi connectivity index (χ3n) is 5.69. The van der Waals surface area contributed by atoms with Gasteiger partial charge in [0.25, 0.3) is 10.0 Å². The monoisotopic (exact) mass is 475 g/mol. The molecule has 0 saturated carbocycles. The lowest BCUT2D eigenvalue weighted by atomic mass is 10.1. The van der Waals surface area contributed by atoms with Gasteiger partial charge in [-0.2, -0.15) is 0 Å². The molecule has 0 radical (unpaired) electrons. The molecule has 1 heterocycles. The average molecular weight is 476 g/mol. The van der Waals surface area contributed by atoms with Crippen molar-refractivity contribution in [2.45, 2.75) is 31.3 Å². The Morgan fingerprint density at radius 3 is 2.45 bits per heavy atom. The minimum atomic E-state index is -3.94. The van der Waals surface area contributed by atoms with E-state index in [1.807, 2.05) is 13.8 Å². The van der Waals surface area contributed by atoms with Crippen molar-refractivity contribution in [1.29, 1.82) is 0 Å². The summed E-state index contributed by atoms with van der Waals surface area (Å²) in [4.78, 5) is 25.9. The summed E-state index contributed by atoms with van der Waals surface area (Å²) in [7, 11) is -2.41. The van der Waals surface area contributed by atoms with Gasteiger partial charge in [0.1, 0.15) is 5.75 Å². The predicted octanol–water partition coefficient (Wildman–Crippen LogP) is 1.61. The molecule has 1 atom stereocenters. The van der Waals surface area contributed by atoms with Crippen LogP contribution in [0.15, 0.2) is 47.4 Å². The van der Waals surface area contributed by atoms with Gasteiger partial charge in [-0.15, -0.1) is 0 Å². The Hall–Kier alpha value is -3.11. The number of primary amides is 1. The summed E-state index contributed by atoms with van der Waals surface area (Å²) in [6.07, 6.45) is -0.929. The Labute approximate surface area is 194 Å². The van der Waals surface area contributed by atoms with Crippen LogP contribution in [0.4, 0.5) is 5.69 Å². The third kappa shape index (κ3) is 5.63. The van der Waals surface area contributed by atoms with Crippen LogP contribution < -0.4 is 14.8 Å². The number of aryl methyl sites for hydroxylation is 2. The molecular weight excluding hydrogens is 446 g/mol. The predicted molar refractivity (Wildman–Crippen MR) is 124 cm³/mol. The van der Waals surface area contributed by atoms with Crippen LogP contribution in [-0.2, 0) is 24.3 Å². The van der Waals surface area contributed by atoms with Gasteiger partial charge < -0.3 is 20.1 Å². The molecule has 2 amide bonds. The van der Waals surface area contributed by atoms with E-state index >= 15 is 0 Å². The summed E-state index contributed by atoms with van der Waals surface area (Å²) in [5, 5.41) is 0. The zero-order chi connectivity index (χ0) is 24.2. The van der Waals surface area contributed by atoms with Crippen LogP contribution in [0.3, 0.4) is 0 Å². The van der Waals surface area contributed by atoms with Crippen molar-refractivity contribution in [3.8, 4) is 5.75 Å². The average Bonchev–Trinajstić information content (AvgIpc) is 2.81. The molecule has 9 nitrogen and oxygen atoms in total. The molecule has 1 saturated heterocycles. The molecule has 0 aliphatic carbocycles. The van der Waals surface area contributed by atoms with Crippen molar-refractivity contribution in [2.24, 2.45) is 5.73 Å². The maximum Gasteiger partial charge on any atom is 0.264 e. The van der Waals surface area contributed by atoms with Crippen molar-refractivity contribution in [3.63, 3.8) is 0 Å². The Balaban J connectivity index is 1.86. The lowest BCUT2D eigenvalue weighted by molar-refractivity contribution is -0.145. The fraction of sp³-hybridized carbons (Fsp3) is 0.391. The quantitative estimate of drug-likeness (QED) is 0.620. The highest BCUT2D eigenvalue weighted by Crippen LogP contribution is 2.27. The second kappa shape index (κ2) is 10.2. The number of amides is 2. The van der Waals surface area contributed by atoms with Gasteiger partial charge in [-0.1, -0.05) is 6.07 Å². The Kier molecular flexibility index (Phi) is 7.60. The summed E-state index contributed by atoms with van der Waals surface area (Å²) >= 11 is 0. The van der Waals surface area contributed by atoms with Crippen molar-refractivity contribution in [1.82, 2.24) is 4.90 Å². The number of nitrogens with zero attached hydrogens (tertiary/aromatic N) is 2. The Bertz CT molecular complexity index is 1120. The number of nitrogens with two attached hydrogens (primary N) is 1. The number of benzene rings is 2. The second-order valence-corrected chi connectivity index (χ2v) is 9.74. The van der Waals surface area contributed by atoms with E-state index < -0.39 is 22.0 Å². The zero-order valence-electron chi connectivity index (χ0n) is 19.0. The van der Waals surface area contributed by atoms with Gasteiger partial charge in [-0.3, -0.25) is 13.9 Å². The number of rotatable bonds is 8. The van der Waals surface area contributed by atoms with E-state index in [1.165, 1.54) is 16.3 Å². The van der Waals surface area contributed by atoms with Gasteiger partial charge in [0, 0.05) is 19.5 Å². The molecule has 2 N–H and O–H groups in total. The molecule has 1 fully saturated rings. The number of sulfonamides is 1.